The van der Waals surface area contributed by atoms with Crippen LogP contribution < -0.4 is 5.32 Å². The van der Waals surface area contributed by atoms with Gasteiger partial charge in [0.05, 0.1) is 17.0 Å². The van der Waals surface area contributed by atoms with Crippen molar-refractivity contribution < 1.29 is 13.2 Å². The second-order valence-corrected chi connectivity index (χ2v) is 8.35. The fourth-order valence-electron chi connectivity index (χ4n) is 1.80. The van der Waals surface area contributed by atoms with E-state index >= 15 is 0 Å². The Bertz CT molecular complexity index is 838. The lowest BCUT2D eigenvalue weighted by Crippen LogP contribution is -2.18. The highest BCUT2D eigenvalue weighted by Gasteiger charge is 2.22. The van der Waals surface area contributed by atoms with E-state index in [4.69, 9.17) is 11.6 Å². The second kappa shape index (κ2) is 7.95. The number of carbonyl (C=O) groups is 1. The van der Waals surface area contributed by atoms with Crippen LogP contribution in [-0.4, -0.2) is 40.2 Å². The van der Waals surface area contributed by atoms with Crippen LogP contribution in [0, 0.1) is 0 Å². The summed E-state index contributed by atoms with van der Waals surface area (Å²) in [4.78, 5) is 19.8. The fraction of sp³-hybridized carbons (Fsp3) is 0.462. The molecule has 1 N–H and O–H groups in total. The van der Waals surface area contributed by atoms with Crippen molar-refractivity contribution in [2.45, 2.75) is 38.3 Å². The molecule has 0 bridgehead atoms. The zero-order chi connectivity index (χ0) is 17.7. The summed E-state index contributed by atoms with van der Waals surface area (Å²) in [5.74, 6) is -0.763. The Morgan fingerprint density at radius 3 is 2.71 bits per heavy atom. The molecule has 2 heterocycles. The standard InChI is InChI=1S/C13H16ClN5O3S2/c1-3-5-9-18-19-12(23-9)17-11(20)10-8(14)7-15-13(16-10)24(21,22)6-4-2/h7H,3-6H2,1-2H3,(H,17,19,20). The molecule has 11 heteroatoms. The molecule has 24 heavy (non-hydrogen) atoms. The summed E-state index contributed by atoms with van der Waals surface area (Å²) in [6.07, 6.45) is 3.20. The van der Waals surface area contributed by atoms with Crippen molar-refractivity contribution in [2.75, 3.05) is 11.1 Å². The number of hydrogen-bond acceptors (Lipinski definition) is 8. The number of carbonyl (C=O) groups excluding carboxylic acids is 1. The minimum Gasteiger partial charge on any atom is -0.295 e. The molecule has 0 saturated heterocycles. The number of amides is 1. The Balaban J connectivity index is 2.25. The Kier molecular flexibility index (Phi) is 6.19. The van der Waals surface area contributed by atoms with Gasteiger partial charge in [0.2, 0.25) is 20.1 Å². The molecule has 130 valence electrons. The molecule has 0 aliphatic rings. The molecule has 0 aliphatic carbocycles. The summed E-state index contributed by atoms with van der Waals surface area (Å²) in [5, 5.41) is 11.0. The van der Waals surface area contributed by atoms with Gasteiger partial charge < -0.3 is 0 Å². The molecule has 0 unspecified atom stereocenters. The molecular weight excluding hydrogens is 374 g/mol. The number of halogens is 1. The Morgan fingerprint density at radius 1 is 1.29 bits per heavy atom. The van der Waals surface area contributed by atoms with E-state index in [1.165, 1.54) is 11.3 Å². The summed E-state index contributed by atoms with van der Waals surface area (Å²) in [6.45, 7) is 3.74. The third-order valence-corrected chi connectivity index (χ3v) is 5.71. The van der Waals surface area contributed by atoms with Crippen LogP contribution in [0.25, 0.3) is 0 Å². The summed E-state index contributed by atoms with van der Waals surface area (Å²) in [7, 11) is -3.65. The topological polar surface area (TPSA) is 115 Å². The number of rotatable bonds is 7. The first kappa shape index (κ1) is 18.7. The number of aromatic nitrogens is 4. The molecular formula is C13H16ClN5O3S2. The van der Waals surface area contributed by atoms with Crippen LogP contribution in [0.5, 0.6) is 0 Å². The van der Waals surface area contributed by atoms with Gasteiger partial charge in [0.1, 0.15) is 5.01 Å². The van der Waals surface area contributed by atoms with Crippen LogP contribution in [0.3, 0.4) is 0 Å². The Labute approximate surface area is 148 Å². The molecule has 0 aromatic carbocycles. The first-order valence-corrected chi connectivity index (χ1v) is 10.1. The predicted molar refractivity (Wildman–Crippen MR) is 91.2 cm³/mol. The lowest BCUT2D eigenvalue weighted by atomic mass is 10.4. The van der Waals surface area contributed by atoms with Gasteiger partial charge in [-0.3, -0.25) is 10.1 Å². The minimum absolute atomic E-state index is 0.0405. The van der Waals surface area contributed by atoms with Gasteiger partial charge in [-0.05, 0) is 12.8 Å². The van der Waals surface area contributed by atoms with Gasteiger partial charge >= 0.3 is 0 Å². The fourth-order valence-corrected chi connectivity index (χ4v) is 3.97. The van der Waals surface area contributed by atoms with Gasteiger partial charge in [0, 0.05) is 6.42 Å². The van der Waals surface area contributed by atoms with Gasteiger partial charge in [0.15, 0.2) is 5.69 Å². The van der Waals surface area contributed by atoms with Crippen LogP contribution in [0.4, 0.5) is 5.13 Å². The third-order valence-electron chi connectivity index (χ3n) is 2.84. The molecule has 2 rings (SSSR count). The Hall–Kier alpha value is -1.65. The molecule has 2 aromatic heterocycles. The number of nitrogens with one attached hydrogen (secondary N) is 1. The molecule has 1 amide bonds. The quantitative estimate of drug-likeness (QED) is 0.722. The van der Waals surface area contributed by atoms with Crippen LogP contribution in [0.15, 0.2) is 11.4 Å². The van der Waals surface area contributed by atoms with E-state index in [2.05, 4.69) is 25.5 Å². The zero-order valence-corrected chi connectivity index (χ0v) is 15.5. The average molecular weight is 390 g/mol. The SMILES string of the molecule is CCCc1nnc(NC(=O)c2nc(S(=O)(=O)CCC)ncc2Cl)s1. The zero-order valence-electron chi connectivity index (χ0n) is 13.1. The number of aryl methyl sites for hydroxylation is 1. The van der Waals surface area contributed by atoms with E-state index in [-0.39, 0.29) is 16.5 Å². The average Bonchev–Trinajstić information content (AvgIpc) is 2.95. The molecule has 0 fully saturated rings. The Morgan fingerprint density at radius 2 is 2.04 bits per heavy atom. The lowest BCUT2D eigenvalue weighted by Gasteiger charge is -2.05. The van der Waals surface area contributed by atoms with E-state index in [1.807, 2.05) is 6.92 Å². The van der Waals surface area contributed by atoms with Crippen molar-refractivity contribution in [3.63, 3.8) is 0 Å². The largest absolute Gasteiger partial charge is 0.295 e. The maximum absolute atomic E-state index is 12.3. The van der Waals surface area contributed by atoms with Crippen molar-refractivity contribution >= 4 is 43.8 Å². The smallest absolute Gasteiger partial charge is 0.277 e. The van der Waals surface area contributed by atoms with Gasteiger partial charge in [-0.2, -0.15) is 0 Å². The summed E-state index contributed by atoms with van der Waals surface area (Å²) in [6, 6.07) is 0. The van der Waals surface area contributed by atoms with Crippen LogP contribution in [-0.2, 0) is 16.3 Å². The van der Waals surface area contributed by atoms with Crippen molar-refractivity contribution in [2.24, 2.45) is 0 Å². The number of hydrogen-bond donors (Lipinski definition) is 1. The minimum atomic E-state index is -3.65. The molecule has 2 aromatic rings. The maximum atomic E-state index is 12.3. The normalized spacial score (nSPS) is 11.5. The lowest BCUT2D eigenvalue weighted by molar-refractivity contribution is 0.102. The van der Waals surface area contributed by atoms with Crippen LogP contribution >= 0.6 is 22.9 Å². The maximum Gasteiger partial charge on any atom is 0.277 e. The van der Waals surface area contributed by atoms with E-state index in [0.717, 1.165) is 24.0 Å². The molecule has 0 atom stereocenters. The van der Waals surface area contributed by atoms with Crippen molar-refractivity contribution in [3.8, 4) is 0 Å². The molecule has 0 radical (unpaired) electrons. The molecule has 8 nitrogen and oxygen atoms in total. The summed E-state index contributed by atoms with van der Waals surface area (Å²) < 4.78 is 24.1. The number of nitrogens with zero attached hydrogens (tertiary/aromatic N) is 4. The van der Waals surface area contributed by atoms with Crippen molar-refractivity contribution in [1.29, 1.82) is 0 Å². The molecule has 0 aliphatic heterocycles. The van der Waals surface area contributed by atoms with Gasteiger partial charge in [-0.1, -0.05) is 36.8 Å². The van der Waals surface area contributed by atoms with Gasteiger partial charge in [-0.15, -0.1) is 10.2 Å². The molecule has 0 spiro atoms. The van der Waals surface area contributed by atoms with Crippen molar-refractivity contribution in [3.05, 3.63) is 21.9 Å². The van der Waals surface area contributed by atoms with E-state index < -0.39 is 20.9 Å². The van der Waals surface area contributed by atoms with E-state index in [1.54, 1.807) is 6.92 Å². The van der Waals surface area contributed by atoms with Gasteiger partial charge in [0.25, 0.3) is 5.91 Å². The van der Waals surface area contributed by atoms with E-state index in [0.29, 0.717) is 11.6 Å². The monoisotopic (exact) mass is 389 g/mol. The first-order chi connectivity index (χ1) is 11.4. The van der Waals surface area contributed by atoms with Gasteiger partial charge in [-0.25, -0.2) is 18.4 Å². The van der Waals surface area contributed by atoms with Crippen molar-refractivity contribution in [1.82, 2.24) is 20.2 Å². The highest BCUT2D eigenvalue weighted by molar-refractivity contribution is 7.91. The summed E-state index contributed by atoms with van der Waals surface area (Å²) in [5.41, 5.74) is -0.214. The predicted octanol–water partition coefficient (Wildman–Crippen LogP) is 2.37. The van der Waals surface area contributed by atoms with Crippen LogP contribution in [0.2, 0.25) is 5.02 Å². The highest BCUT2D eigenvalue weighted by Crippen LogP contribution is 2.20. The highest BCUT2D eigenvalue weighted by atomic mass is 35.5. The number of sulfone groups is 1. The first-order valence-electron chi connectivity index (χ1n) is 7.26. The third kappa shape index (κ3) is 4.46. The van der Waals surface area contributed by atoms with Crippen LogP contribution in [0.1, 0.15) is 42.2 Å². The summed E-state index contributed by atoms with van der Waals surface area (Å²) >= 11 is 7.17. The second-order valence-electron chi connectivity index (χ2n) is 4.87. The number of anilines is 1. The molecule has 0 saturated carbocycles. The van der Waals surface area contributed by atoms with E-state index in [9.17, 15) is 13.2 Å².